The van der Waals surface area contributed by atoms with Gasteiger partial charge in [-0.15, -0.1) is 0 Å². The Morgan fingerprint density at radius 3 is 2.31 bits per heavy atom. The average Bonchev–Trinajstić information content (AvgIpc) is 3.16. The van der Waals surface area contributed by atoms with Gasteiger partial charge in [0.15, 0.2) is 19.5 Å². The predicted octanol–water partition coefficient (Wildman–Crippen LogP) is 6.55. The number of carbonyl (C=O) groups is 1. The van der Waals surface area contributed by atoms with Crippen LogP contribution in [0, 0.1) is 0 Å². The van der Waals surface area contributed by atoms with E-state index in [9.17, 15) is 4.79 Å². The van der Waals surface area contributed by atoms with Gasteiger partial charge in [0.2, 0.25) is 0 Å². The van der Waals surface area contributed by atoms with E-state index in [1.807, 2.05) is 30.3 Å². The number of hydrogen-bond acceptors (Lipinski definition) is 6. The van der Waals surface area contributed by atoms with Gasteiger partial charge in [-0.1, -0.05) is 71.2 Å². The zero-order valence-electron chi connectivity index (χ0n) is 20.9. The molecule has 1 aliphatic heterocycles. The van der Waals surface area contributed by atoms with Crippen LogP contribution in [0.4, 0.5) is 0 Å². The van der Waals surface area contributed by atoms with E-state index in [0.29, 0.717) is 6.61 Å². The van der Waals surface area contributed by atoms with Crippen molar-refractivity contribution in [1.29, 1.82) is 0 Å². The fraction of sp³-hybridized carbons (Fsp3) is 0.640. The molecule has 32 heavy (non-hydrogen) atoms. The summed E-state index contributed by atoms with van der Waals surface area (Å²) in [5.41, 5.74) is 0.173. The molecule has 0 N–H and O–H groups in total. The van der Waals surface area contributed by atoms with Crippen LogP contribution in [0.2, 0.25) is 18.1 Å². The smallest absolute Gasteiger partial charge is 0.303 e. The molecule has 5 nitrogen and oxygen atoms in total. The molecule has 1 unspecified atom stereocenters. The van der Waals surface area contributed by atoms with E-state index in [2.05, 4.69) is 54.3 Å². The first kappa shape index (κ1) is 27.1. The van der Waals surface area contributed by atoms with Gasteiger partial charge in [-0.3, -0.25) is 4.79 Å². The van der Waals surface area contributed by atoms with Crippen molar-refractivity contribution in [3.63, 3.8) is 0 Å². The SMILES string of the molecule is C=C([C@H]1COC(CC)(CC)O1)[C@H](O[Si](C)(C)C(C)(C)C)C(OC(C)=O)Sc1ccccc1. The minimum absolute atomic E-state index is 0.0205. The number of benzene rings is 1. The van der Waals surface area contributed by atoms with Gasteiger partial charge >= 0.3 is 5.97 Å². The van der Waals surface area contributed by atoms with Gasteiger partial charge in [-0.05, 0) is 48.7 Å². The number of ether oxygens (including phenoxy) is 3. The van der Waals surface area contributed by atoms with Crippen LogP contribution in [0.3, 0.4) is 0 Å². The molecule has 1 heterocycles. The Balaban J connectivity index is 2.40. The summed E-state index contributed by atoms with van der Waals surface area (Å²) in [5.74, 6) is -0.950. The Morgan fingerprint density at radius 2 is 1.84 bits per heavy atom. The van der Waals surface area contributed by atoms with Crippen molar-refractivity contribution in [1.82, 2.24) is 0 Å². The molecular weight excluding hydrogens is 440 g/mol. The van der Waals surface area contributed by atoms with Crippen LogP contribution in [-0.2, 0) is 23.4 Å². The van der Waals surface area contributed by atoms with Crippen molar-refractivity contribution in [2.45, 2.75) is 101 Å². The Kier molecular flexibility index (Phi) is 9.21. The largest absolute Gasteiger partial charge is 0.448 e. The van der Waals surface area contributed by atoms with Crippen molar-refractivity contribution in [2.24, 2.45) is 0 Å². The lowest BCUT2D eigenvalue weighted by atomic mass is 10.1. The average molecular weight is 481 g/mol. The fourth-order valence-electron chi connectivity index (χ4n) is 3.29. The molecule has 0 amide bonds. The molecule has 0 spiro atoms. The molecule has 2 rings (SSSR count). The first-order valence-corrected chi connectivity index (χ1v) is 15.2. The number of thioether (sulfide) groups is 1. The van der Waals surface area contributed by atoms with E-state index in [-0.39, 0.29) is 17.1 Å². The normalized spacial score (nSPS) is 20.6. The minimum Gasteiger partial charge on any atom is -0.448 e. The topological polar surface area (TPSA) is 54.0 Å². The first-order valence-electron chi connectivity index (χ1n) is 11.4. The van der Waals surface area contributed by atoms with Crippen molar-refractivity contribution < 1.29 is 23.4 Å². The number of esters is 1. The van der Waals surface area contributed by atoms with E-state index in [4.69, 9.17) is 18.6 Å². The molecular formula is C25H40O5SSi. The van der Waals surface area contributed by atoms with Crippen LogP contribution < -0.4 is 0 Å². The van der Waals surface area contributed by atoms with E-state index in [1.54, 1.807) is 0 Å². The van der Waals surface area contributed by atoms with E-state index < -0.39 is 25.6 Å². The van der Waals surface area contributed by atoms with Crippen LogP contribution in [0.25, 0.3) is 0 Å². The third kappa shape index (κ3) is 6.70. The van der Waals surface area contributed by atoms with Crippen molar-refractivity contribution >= 4 is 26.0 Å². The maximum absolute atomic E-state index is 12.1. The summed E-state index contributed by atoms with van der Waals surface area (Å²) in [7, 11) is -2.23. The number of rotatable bonds is 10. The van der Waals surface area contributed by atoms with Crippen molar-refractivity contribution in [3.8, 4) is 0 Å². The zero-order valence-corrected chi connectivity index (χ0v) is 22.7. The molecule has 3 atom stereocenters. The highest BCUT2D eigenvalue weighted by atomic mass is 32.2. The second-order valence-electron chi connectivity index (χ2n) is 9.82. The standard InChI is InChI=1S/C25H40O5SSi/c1-10-25(11-2)27-17-21(29-25)18(3)22(30-32(8,9)24(5,6)7)23(28-19(4)26)31-20-15-13-12-14-16-20/h12-16,21-23H,3,10-11,17H2,1-2,4-9H3/t21-,22+,23?/m1/s1. The highest BCUT2D eigenvalue weighted by Crippen LogP contribution is 2.42. The quantitative estimate of drug-likeness (QED) is 0.124. The van der Waals surface area contributed by atoms with Gasteiger partial charge < -0.3 is 18.6 Å². The van der Waals surface area contributed by atoms with Gasteiger partial charge in [0.1, 0.15) is 12.2 Å². The highest BCUT2D eigenvalue weighted by Gasteiger charge is 2.47. The molecule has 1 aliphatic rings. The third-order valence-electron chi connectivity index (χ3n) is 6.46. The second-order valence-corrected chi connectivity index (χ2v) is 15.7. The van der Waals surface area contributed by atoms with Crippen LogP contribution in [0.1, 0.15) is 54.4 Å². The number of hydrogen-bond donors (Lipinski definition) is 0. The maximum Gasteiger partial charge on any atom is 0.303 e. The van der Waals surface area contributed by atoms with Gasteiger partial charge in [-0.2, -0.15) is 0 Å². The lowest BCUT2D eigenvalue weighted by Gasteiger charge is -2.42. The van der Waals surface area contributed by atoms with Crippen LogP contribution in [-0.4, -0.2) is 44.3 Å². The summed E-state index contributed by atoms with van der Waals surface area (Å²) in [6.45, 7) is 21.3. The summed E-state index contributed by atoms with van der Waals surface area (Å²) in [4.78, 5) is 13.1. The molecule has 0 saturated carbocycles. The summed E-state index contributed by atoms with van der Waals surface area (Å²) in [6, 6.07) is 9.91. The Morgan fingerprint density at radius 1 is 1.25 bits per heavy atom. The second kappa shape index (κ2) is 10.9. The maximum atomic E-state index is 12.1. The van der Waals surface area contributed by atoms with E-state index in [1.165, 1.54) is 18.7 Å². The summed E-state index contributed by atoms with van der Waals surface area (Å²) < 4.78 is 25.1. The molecule has 0 radical (unpaired) electrons. The molecule has 1 aromatic carbocycles. The molecule has 1 fully saturated rings. The summed E-state index contributed by atoms with van der Waals surface area (Å²) in [5, 5.41) is -0.0205. The van der Waals surface area contributed by atoms with Gasteiger partial charge in [-0.25, -0.2) is 0 Å². The van der Waals surface area contributed by atoms with Crippen molar-refractivity contribution in [3.05, 3.63) is 42.5 Å². The van der Waals surface area contributed by atoms with E-state index in [0.717, 1.165) is 23.3 Å². The van der Waals surface area contributed by atoms with Gasteiger partial charge in [0.05, 0.1) is 6.61 Å². The zero-order chi connectivity index (χ0) is 24.2. The molecule has 1 aromatic rings. The minimum atomic E-state index is -2.23. The predicted molar refractivity (Wildman–Crippen MR) is 133 cm³/mol. The molecule has 0 aliphatic carbocycles. The molecule has 180 valence electrons. The molecule has 0 aromatic heterocycles. The van der Waals surface area contributed by atoms with Crippen LogP contribution in [0.5, 0.6) is 0 Å². The monoisotopic (exact) mass is 480 g/mol. The summed E-state index contributed by atoms with van der Waals surface area (Å²) >= 11 is 1.47. The Hall–Kier alpha value is -1.12. The van der Waals surface area contributed by atoms with Gasteiger partial charge in [0.25, 0.3) is 0 Å². The first-order chi connectivity index (χ1) is 14.8. The Labute approximate surface area is 199 Å². The fourth-order valence-corrected chi connectivity index (χ4v) is 5.77. The van der Waals surface area contributed by atoms with Gasteiger partial charge in [0, 0.05) is 11.8 Å². The number of carbonyl (C=O) groups excluding carboxylic acids is 1. The Bertz CT molecular complexity index is 770. The third-order valence-corrected chi connectivity index (χ3v) is 12.0. The molecule has 0 bridgehead atoms. The highest BCUT2D eigenvalue weighted by molar-refractivity contribution is 7.99. The molecule has 7 heteroatoms. The van der Waals surface area contributed by atoms with Crippen molar-refractivity contribution in [2.75, 3.05) is 6.61 Å². The van der Waals surface area contributed by atoms with Crippen LogP contribution >= 0.6 is 11.8 Å². The lowest BCUT2D eigenvalue weighted by molar-refractivity contribution is -0.169. The summed E-state index contributed by atoms with van der Waals surface area (Å²) in [6.07, 6.45) is 0.669. The molecule has 1 saturated heterocycles. The van der Waals surface area contributed by atoms with Crippen LogP contribution in [0.15, 0.2) is 47.4 Å². The van der Waals surface area contributed by atoms with E-state index >= 15 is 0 Å². The lowest BCUT2D eigenvalue weighted by Crippen LogP contribution is -2.49.